The van der Waals surface area contributed by atoms with Gasteiger partial charge in [-0.1, -0.05) is 0 Å². The summed E-state index contributed by atoms with van der Waals surface area (Å²) < 4.78 is 0. The maximum Gasteiger partial charge on any atom is 0.338 e. The number of aromatic carboxylic acids is 1. The number of carboxylic acids is 1. The van der Waals surface area contributed by atoms with E-state index in [2.05, 4.69) is 4.98 Å². The van der Waals surface area contributed by atoms with Gasteiger partial charge in [0.15, 0.2) is 0 Å². The molecular weight excluding hydrogens is 160 g/mol. The van der Waals surface area contributed by atoms with Crippen molar-refractivity contribution in [3.05, 3.63) is 29.6 Å². The molecule has 1 rings (SSSR count). The van der Waals surface area contributed by atoms with Gasteiger partial charge in [0.2, 0.25) is 0 Å². The van der Waals surface area contributed by atoms with E-state index >= 15 is 0 Å². The topological polar surface area (TPSA) is 91.1 Å². The van der Waals surface area contributed by atoms with Crippen LogP contribution in [0, 0.1) is 0 Å². The molecule has 61 valence electrons. The molecule has 0 bridgehead atoms. The van der Waals surface area contributed by atoms with Crippen LogP contribution in [0.1, 0.15) is 20.7 Å². The minimum Gasteiger partial charge on any atom is -0.478 e. The van der Waals surface area contributed by atoms with Crippen molar-refractivity contribution in [1.29, 1.82) is 0 Å². The minimum absolute atomic E-state index is 0.141. The average Bonchev–Trinajstić information content (AvgIpc) is 2.04. The molecule has 5 heteroatoms. The molecule has 0 aliphatic carbocycles. The number of nitrogens with zero attached hydrogens (tertiary/aromatic N) is 1. The molecule has 0 atom stereocenters. The number of hydrogen-bond donors (Lipinski definition) is 1. The maximum absolute atomic E-state index is 10.5. The van der Waals surface area contributed by atoms with Crippen molar-refractivity contribution in [3.63, 3.8) is 0 Å². The van der Waals surface area contributed by atoms with Gasteiger partial charge < -0.3 is 5.11 Å². The number of carbonyl (C=O) groups is 2. The molecule has 0 saturated heterocycles. The summed E-state index contributed by atoms with van der Waals surface area (Å²) in [4.78, 5) is 24.5. The summed E-state index contributed by atoms with van der Waals surface area (Å²) in [6.07, 6.45) is 2.32. The van der Waals surface area contributed by atoms with E-state index in [1.807, 2.05) is 0 Å². The number of pyridine rings is 1. The highest BCUT2D eigenvalue weighted by Gasteiger charge is 2.13. The predicted octanol–water partition coefficient (Wildman–Crippen LogP) is 0.203. The zero-order valence-corrected chi connectivity index (χ0v) is 5.94. The van der Waals surface area contributed by atoms with Crippen LogP contribution in [-0.2, 0) is 0 Å². The van der Waals surface area contributed by atoms with Crippen LogP contribution in [0.2, 0.25) is 0 Å². The molecule has 0 aromatic carbocycles. The first-order chi connectivity index (χ1) is 5.63. The van der Waals surface area contributed by atoms with Crippen LogP contribution in [0.15, 0.2) is 18.5 Å². The quantitative estimate of drug-likeness (QED) is 0.677. The third-order valence-electron chi connectivity index (χ3n) is 1.30. The number of rotatable bonds is 2. The number of carboxylic acid groups (broad SMARTS) is 1. The number of aromatic nitrogens is 1. The minimum atomic E-state index is -1.25. The van der Waals surface area contributed by atoms with Gasteiger partial charge in [-0.15, -0.1) is 0 Å². The van der Waals surface area contributed by atoms with Crippen molar-refractivity contribution in [2.24, 2.45) is 0 Å². The summed E-state index contributed by atoms with van der Waals surface area (Å²) in [6.45, 7) is 0. The van der Waals surface area contributed by atoms with Crippen molar-refractivity contribution in [2.45, 2.75) is 0 Å². The van der Waals surface area contributed by atoms with E-state index in [1.54, 1.807) is 0 Å². The number of hydrogen-bond acceptors (Lipinski definition) is 3. The summed E-state index contributed by atoms with van der Waals surface area (Å²) in [6, 6.07) is 1.21. The monoisotopic (exact) mass is 165 g/mol. The smallest absolute Gasteiger partial charge is 0.338 e. The van der Waals surface area contributed by atoms with Gasteiger partial charge in [-0.3, -0.25) is 15.5 Å². The first kappa shape index (κ1) is 8.19. The van der Waals surface area contributed by atoms with Gasteiger partial charge in [0, 0.05) is 12.4 Å². The Morgan fingerprint density at radius 2 is 2.08 bits per heavy atom. The zero-order chi connectivity index (χ0) is 9.14. The molecule has 1 radical (unpaired) electrons. The fourth-order valence-electron chi connectivity index (χ4n) is 0.763. The number of amides is 1. The SMILES string of the molecule is [NH]C(=O)c1ccncc1C(=O)O. The molecule has 0 unspecified atom stereocenters. The first-order valence-corrected chi connectivity index (χ1v) is 3.06. The van der Waals surface area contributed by atoms with Gasteiger partial charge in [0.25, 0.3) is 5.91 Å². The number of carbonyl (C=O) groups excluding carboxylic acids is 1. The highest BCUT2D eigenvalue weighted by atomic mass is 16.4. The summed E-state index contributed by atoms with van der Waals surface area (Å²) in [5, 5.41) is 8.54. The molecular formula is C7H5N2O3. The fourth-order valence-corrected chi connectivity index (χ4v) is 0.763. The molecule has 5 nitrogen and oxygen atoms in total. The Labute approximate surface area is 67.8 Å². The van der Waals surface area contributed by atoms with Crippen LogP contribution in [-0.4, -0.2) is 22.0 Å². The Hall–Kier alpha value is -1.91. The highest BCUT2D eigenvalue weighted by molar-refractivity contribution is 6.03. The van der Waals surface area contributed by atoms with Crippen LogP contribution in [0.5, 0.6) is 0 Å². The van der Waals surface area contributed by atoms with E-state index in [-0.39, 0.29) is 11.1 Å². The summed E-state index contributed by atoms with van der Waals surface area (Å²) in [7, 11) is 0. The van der Waals surface area contributed by atoms with E-state index in [9.17, 15) is 9.59 Å². The first-order valence-electron chi connectivity index (χ1n) is 3.06. The Balaban J connectivity index is 3.27. The van der Waals surface area contributed by atoms with Crippen molar-refractivity contribution < 1.29 is 14.7 Å². The van der Waals surface area contributed by atoms with Gasteiger partial charge >= 0.3 is 5.97 Å². The summed E-state index contributed by atoms with van der Waals surface area (Å²) >= 11 is 0. The second kappa shape index (κ2) is 3.00. The van der Waals surface area contributed by atoms with Crippen molar-refractivity contribution in [3.8, 4) is 0 Å². The van der Waals surface area contributed by atoms with E-state index in [1.165, 1.54) is 12.3 Å². The lowest BCUT2D eigenvalue weighted by Gasteiger charge is -1.97. The molecule has 0 fully saturated rings. The molecule has 1 heterocycles. The lowest BCUT2D eigenvalue weighted by Crippen LogP contribution is -2.09. The van der Waals surface area contributed by atoms with Crippen molar-refractivity contribution in [2.75, 3.05) is 0 Å². The largest absolute Gasteiger partial charge is 0.478 e. The Morgan fingerprint density at radius 1 is 1.42 bits per heavy atom. The summed E-state index contributed by atoms with van der Waals surface area (Å²) in [5.74, 6) is -2.27. The van der Waals surface area contributed by atoms with Gasteiger partial charge in [0.05, 0.1) is 11.1 Å². The van der Waals surface area contributed by atoms with Gasteiger partial charge in [0.1, 0.15) is 0 Å². The molecule has 1 aromatic rings. The van der Waals surface area contributed by atoms with Gasteiger partial charge in [-0.2, -0.15) is 0 Å². The van der Waals surface area contributed by atoms with Gasteiger partial charge in [-0.05, 0) is 6.07 Å². The molecule has 0 saturated carbocycles. The molecule has 1 aromatic heterocycles. The zero-order valence-electron chi connectivity index (χ0n) is 5.94. The highest BCUT2D eigenvalue weighted by Crippen LogP contribution is 2.05. The van der Waals surface area contributed by atoms with Gasteiger partial charge in [-0.25, -0.2) is 4.79 Å². The molecule has 2 N–H and O–H groups in total. The maximum atomic E-state index is 10.5. The van der Waals surface area contributed by atoms with Crippen LogP contribution in [0.3, 0.4) is 0 Å². The Kier molecular flexibility index (Phi) is 2.05. The van der Waals surface area contributed by atoms with Crippen LogP contribution < -0.4 is 5.73 Å². The summed E-state index contributed by atoms with van der Waals surface area (Å²) in [5.41, 5.74) is 6.34. The van der Waals surface area contributed by atoms with E-state index < -0.39 is 11.9 Å². The third kappa shape index (κ3) is 1.39. The normalized spacial score (nSPS) is 9.33. The van der Waals surface area contributed by atoms with E-state index in [4.69, 9.17) is 10.8 Å². The standard InChI is InChI=1S/C7H5N2O3/c8-6(10)4-1-2-9-3-5(4)7(11)12/h1-3,8H,(H,11,12). The second-order valence-electron chi connectivity index (χ2n) is 2.06. The second-order valence-corrected chi connectivity index (χ2v) is 2.06. The molecule has 1 amide bonds. The molecule has 0 spiro atoms. The Morgan fingerprint density at radius 3 is 2.50 bits per heavy atom. The van der Waals surface area contributed by atoms with Crippen molar-refractivity contribution >= 4 is 11.9 Å². The van der Waals surface area contributed by atoms with Crippen LogP contribution in [0.4, 0.5) is 0 Å². The molecule has 0 aliphatic rings. The Bertz CT molecular complexity index is 302. The van der Waals surface area contributed by atoms with Crippen LogP contribution in [0.25, 0.3) is 0 Å². The average molecular weight is 165 g/mol. The van der Waals surface area contributed by atoms with Crippen molar-refractivity contribution in [1.82, 2.24) is 10.7 Å². The van der Waals surface area contributed by atoms with E-state index in [0.717, 1.165) is 6.20 Å². The lowest BCUT2D eigenvalue weighted by molar-refractivity contribution is 0.0691. The molecule has 0 aliphatic heterocycles. The fraction of sp³-hybridized carbons (Fsp3) is 0. The predicted molar refractivity (Wildman–Crippen MR) is 38.6 cm³/mol. The van der Waals surface area contributed by atoms with E-state index in [0.29, 0.717) is 0 Å². The third-order valence-corrected chi connectivity index (χ3v) is 1.30. The lowest BCUT2D eigenvalue weighted by atomic mass is 10.1. The molecule has 12 heavy (non-hydrogen) atoms. The van der Waals surface area contributed by atoms with Crippen LogP contribution >= 0.6 is 0 Å². The number of nitrogens with one attached hydrogen (secondary N) is 1.